The van der Waals surface area contributed by atoms with Crippen LogP contribution in [0.3, 0.4) is 0 Å². The number of benzene rings is 2. The number of likely N-dealkylation sites (tertiary alicyclic amines) is 1. The summed E-state index contributed by atoms with van der Waals surface area (Å²) in [6.45, 7) is 10.0. The minimum absolute atomic E-state index is 0.0233. The van der Waals surface area contributed by atoms with Crippen LogP contribution in [0.25, 0.3) is 0 Å². The fraction of sp³-hybridized carbons (Fsp3) is 0.605. The molecule has 2 unspecified atom stereocenters. The molecule has 1 aliphatic heterocycles. The van der Waals surface area contributed by atoms with Gasteiger partial charge in [-0.05, 0) is 87.1 Å². The molecule has 0 radical (unpaired) electrons. The van der Waals surface area contributed by atoms with Crippen molar-refractivity contribution >= 4 is 29.3 Å². The summed E-state index contributed by atoms with van der Waals surface area (Å²) in [5, 5.41) is 3.80. The molecule has 2 aromatic carbocycles. The van der Waals surface area contributed by atoms with Gasteiger partial charge in [-0.3, -0.25) is 14.4 Å². The number of rotatable bonds is 8. The first-order valence-electron chi connectivity index (χ1n) is 17.5. The number of amides is 3. The van der Waals surface area contributed by atoms with Crippen LogP contribution in [0.1, 0.15) is 102 Å². The molecule has 1 saturated heterocycles. The Balaban J connectivity index is 0.000000468. The molecule has 0 aromatic heterocycles. The number of hydrogen-bond acceptors (Lipinski definition) is 4. The fourth-order valence-electron chi connectivity index (χ4n) is 7.79. The Bertz CT molecular complexity index is 1290. The molecule has 5 rings (SSSR count). The third kappa shape index (κ3) is 9.57. The smallest absolute Gasteiger partial charge is 0.245 e. The van der Waals surface area contributed by atoms with Crippen molar-refractivity contribution in [2.24, 2.45) is 23.5 Å². The van der Waals surface area contributed by atoms with Crippen molar-refractivity contribution in [1.29, 1.82) is 0 Å². The number of nitrogens with two attached hydrogens (primary N) is 1. The Hall–Kier alpha value is -2.90. The average Bonchev–Trinajstić information content (AvgIpc) is 3.06. The standard InChI is InChI=1S/C31H40ClN3O2.C7H15NO/c32-25-13-10-21(11-14-25)20-28(31(37)35-18-16-23(17-19-35)22-6-2-1-3-7-22)34-30(36)27-15-12-24-8-4-5-9-26(24)29(27)33;1-5-8(6(2)3)7(4)9/h4-5,8-11,13-14,22-23,27-29H,1-3,6-7,12,15-20,33H2,(H,34,36);6H,5H2,1-4H3/t27?,28-,29?;/m1./s1. The van der Waals surface area contributed by atoms with E-state index < -0.39 is 6.04 Å². The minimum Gasteiger partial charge on any atom is -0.344 e. The Morgan fingerprint density at radius 3 is 2.15 bits per heavy atom. The molecule has 7 nitrogen and oxygen atoms in total. The summed E-state index contributed by atoms with van der Waals surface area (Å²) in [4.78, 5) is 41.9. The van der Waals surface area contributed by atoms with Crippen LogP contribution < -0.4 is 11.1 Å². The molecule has 1 saturated carbocycles. The highest BCUT2D eigenvalue weighted by Crippen LogP contribution is 2.36. The Labute approximate surface area is 281 Å². The maximum absolute atomic E-state index is 13.8. The topological polar surface area (TPSA) is 95.7 Å². The molecule has 1 heterocycles. The monoisotopic (exact) mass is 650 g/mol. The third-order valence-corrected chi connectivity index (χ3v) is 10.7. The molecule has 3 aliphatic rings. The lowest BCUT2D eigenvalue weighted by Gasteiger charge is -2.39. The normalized spacial score (nSPS) is 21.1. The number of hydrogen-bond donors (Lipinski definition) is 2. The van der Waals surface area contributed by atoms with Gasteiger partial charge in [0.2, 0.25) is 17.7 Å². The molecule has 2 aliphatic carbocycles. The molecule has 0 bridgehead atoms. The quantitative estimate of drug-likeness (QED) is 0.332. The van der Waals surface area contributed by atoms with Crippen molar-refractivity contribution in [3.05, 3.63) is 70.2 Å². The average molecular weight is 651 g/mol. The van der Waals surface area contributed by atoms with Crippen LogP contribution in [0, 0.1) is 17.8 Å². The van der Waals surface area contributed by atoms with Crippen LogP contribution in [0.2, 0.25) is 5.02 Å². The van der Waals surface area contributed by atoms with Crippen LogP contribution in [0.4, 0.5) is 0 Å². The Kier molecular flexibility index (Phi) is 13.5. The second-order valence-corrected chi connectivity index (χ2v) is 14.2. The van der Waals surface area contributed by atoms with Crippen molar-refractivity contribution in [3.63, 3.8) is 0 Å². The molecule has 3 amide bonds. The van der Waals surface area contributed by atoms with Crippen molar-refractivity contribution in [2.75, 3.05) is 19.6 Å². The van der Waals surface area contributed by atoms with Gasteiger partial charge in [-0.1, -0.05) is 80.1 Å². The first-order chi connectivity index (χ1) is 22.1. The van der Waals surface area contributed by atoms with Crippen molar-refractivity contribution in [2.45, 2.75) is 110 Å². The molecule has 0 spiro atoms. The SMILES string of the molecule is CCN(C(C)=O)C(C)C.NC1c2ccccc2CCC1C(=O)N[C@H](Cc1ccc(Cl)cc1)C(=O)N1CCC(C2CCCCC2)CC1. The van der Waals surface area contributed by atoms with Gasteiger partial charge in [0, 0.05) is 50.1 Å². The van der Waals surface area contributed by atoms with Crippen LogP contribution in [-0.2, 0) is 27.2 Å². The van der Waals surface area contributed by atoms with Gasteiger partial charge in [-0.2, -0.15) is 0 Å². The van der Waals surface area contributed by atoms with Gasteiger partial charge in [0.1, 0.15) is 6.04 Å². The summed E-state index contributed by atoms with van der Waals surface area (Å²) in [6, 6.07) is 15.0. The van der Waals surface area contributed by atoms with Gasteiger partial charge in [0.25, 0.3) is 0 Å². The molecule has 2 aromatic rings. The first kappa shape index (κ1) is 35.9. The van der Waals surface area contributed by atoms with Crippen molar-refractivity contribution in [1.82, 2.24) is 15.1 Å². The van der Waals surface area contributed by atoms with E-state index in [0.717, 1.165) is 61.9 Å². The summed E-state index contributed by atoms with van der Waals surface area (Å²) in [5.74, 6) is 1.28. The predicted octanol–water partition coefficient (Wildman–Crippen LogP) is 6.71. The van der Waals surface area contributed by atoms with Crippen molar-refractivity contribution in [3.8, 4) is 0 Å². The van der Waals surface area contributed by atoms with E-state index in [4.69, 9.17) is 17.3 Å². The highest BCUT2D eigenvalue weighted by Gasteiger charge is 2.36. The Morgan fingerprint density at radius 1 is 0.935 bits per heavy atom. The maximum atomic E-state index is 13.8. The van der Waals surface area contributed by atoms with E-state index in [2.05, 4.69) is 11.4 Å². The van der Waals surface area contributed by atoms with Crippen LogP contribution >= 0.6 is 11.6 Å². The van der Waals surface area contributed by atoms with Gasteiger partial charge >= 0.3 is 0 Å². The minimum atomic E-state index is -0.607. The van der Waals surface area contributed by atoms with Crippen molar-refractivity contribution < 1.29 is 14.4 Å². The number of carbonyl (C=O) groups excluding carboxylic acids is 3. The summed E-state index contributed by atoms with van der Waals surface area (Å²) in [6.07, 6.45) is 10.9. The molecule has 46 heavy (non-hydrogen) atoms. The molecular formula is C38H55ClN4O3. The molecule has 8 heteroatoms. The summed E-state index contributed by atoms with van der Waals surface area (Å²) in [5.41, 5.74) is 9.81. The zero-order valence-electron chi connectivity index (χ0n) is 28.3. The predicted molar refractivity (Wildman–Crippen MR) is 186 cm³/mol. The molecule has 252 valence electrons. The lowest BCUT2D eigenvalue weighted by Crippen LogP contribution is -2.54. The summed E-state index contributed by atoms with van der Waals surface area (Å²) >= 11 is 6.09. The molecule has 3 N–H and O–H groups in total. The van der Waals surface area contributed by atoms with Gasteiger partial charge in [-0.15, -0.1) is 0 Å². The van der Waals surface area contributed by atoms with E-state index >= 15 is 0 Å². The number of carbonyl (C=O) groups is 3. The number of piperidine rings is 1. The first-order valence-corrected chi connectivity index (χ1v) is 17.9. The second-order valence-electron chi connectivity index (χ2n) is 13.7. The van der Waals surface area contributed by atoms with E-state index in [0.29, 0.717) is 23.9 Å². The number of nitrogens with one attached hydrogen (secondary N) is 1. The van der Waals surface area contributed by atoms with E-state index in [1.807, 2.05) is 73.0 Å². The van der Waals surface area contributed by atoms with E-state index in [1.165, 1.54) is 37.7 Å². The number of nitrogens with zero attached hydrogens (tertiary/aromatic N) is 2. The lowest BCUT2D eigenvalue weighted by atomic mass is 9.76. The molecule has 3 atom stereocenters. The Morgan fingerprint density at radius 2 is 1.57 bits per heavy atom. The van der Waals surface area contributed by atoms with Crippen LogP contribution in [-0.4, -0.2) is 59.2 Å². The third-order valence-electron chi connectivity index (χ3n) is 10.4. The molecule has 2 fully saturated rings. The zero-order valence-corrected chi connectivity index (χ0v) is 29.1. The summed E-state index contributed by atoms with van der Waals surface area (Å²) in [7, 11) is 0. The number of fused-ring (bicyclic) bond motifs is 1. The maximum Gasteiger partial charge on any atom is 0.245 e. The number of halogens is 1. The lowest BCUT2D eigenvalue weighted by molar-refractivity contribution is -0.139. The van der Waals surface area contributed by atoms with Crippen LogP contribution in [0.5, 0.6) is 0 Å². The van der Waals surface area contributed by atoms with Crippen LogP contribution in [0.15, 0.2) is 48.5 Å². The highest BCUT2D eigenvalue weighted by atomic mass is 35.5. The van der Waals surface area contributed by atoms with Gasteiger partial charge < -0.3 is 20.9 Å². The van der Waals surface area contributed by atoms with Gasteiger partial charge in [0.05, 0.1) is 5.92 Å². The molecular weight excluding hydrogens is 596 g/mol. The van der Waals surface area contributed by atoms with E-state index in [-0.39, 0.29) is 29.7 Å². The van der Waals surface area contributed by atoms with Gasteiger partial charge in [-0.25, -0.2) is 0 Å². The summed E-state index contributed by atoms with van der Waals surface area (Å²) < 4.78 is 0. The van der Waals surface area contributed by atoms with Gasteiger partial charge in [0.15, 0.2) is 0 Å². The van der Waals surface area contributed by atoms with E-state index in [1.54, 1.807) is 6.92 Å². The highest BCUT2D eigenvalue weighted by molar-refractivity contribution is 6.30. The fourth-order valence-corrected chi connectivity index (χ4v) is 7.92. The largest absolute Gasteiger partial charge is 0.344 e. The zero-order chi connectivity index (χ0) is 33.2. The van der Waals surface area contributed by atoms with E-state index in [9.17, 15) is 14.4 Å². The second kappa shape index (κ2) is 17.3. The number of aryl methyl sites for hydroxylation is 1.